The van der Waals surface area contributed by atoms with Crippen molar-refractivity contribution >= 4 is 28.3 Å². The van der Waals surface area contributed by atoms with Gasteiger partial charge in [0, 0.05) is 12.2 Å². The normalized spacial score (nSPS) is 13.8. The highest BCUT2D eigenvalue weighted by atomic mass is 35.5. The van der Waals surface area contributed by atoms with Gasteiger partial charge in [-0.3, -0.25) is 14.2 Å². The summed E-state index contributed by atoms with van der Waals surface area (Å²) < 4.78 is 21.1. The molecule has 1 N–H and O–H groups in total. The molecule has 0 unspecified atom stereocenters. The number of carbonyl (C=O) groups is 1. The third-order valence-electron chi connectivity index (χ3n) is 6.04. The fourth-order valence-electron chi connectivity index (χ4n) is 4.37. The van der Waals surface area contributed by atoms with Crippen LogP contribution in [0.5, 0.6) is 5.75 Å². The Morgan fingerprint density at radius 2 is 1.94 bits per heavy atom. The highest BCUT2D eigenvalue weighted by molar-refractivity contribution is 6.31. The van der Waals surface area contributed by atoms with E-state index in [2.05, 4.69) is 16.8 Å². The molecule has 0 bridgehead atoms. The largest absolute Gasteiger partial charge is 0.494 e. The number of rotatable bonds is 9. The van der Waals surface area contributed by atoms with Gasteiger partial charge in [-0.25, -0.2) is 4.39 Å². The maximum Gasteiger partial charge on any atom is 0.259 e. The summed E-state index contributed by atoms with van der Waals surface area (Å²) in [6.45, 7) is 8.98. The van der Waals surface area contributed by atoms with Gasteiger partial charge in [0.1, 0.15) is 18.1 Å². The van der Waals surface area contributed by atoms with E-state index in [1.54, 1.807) is 19.1 Å². The van der Waals surface area contributed by atoms with Crippen LogP contribution in [0.2, 0.25) is 5.02 Å². The van der Waals surface area contributed by atoms with Crippen molar-refractivity contribution in [3.63, 3.8) is 0 Å². The summed E-state index contributed by atoms with van der Waals surface area (Å²) in [7, 11) is 0. The molecule has 1 aliphatic heterocycles. The number of pyridine rings is 1. The Bertz CT molecular complexity index is 1320. The molecular formula is C27H29ClFN3O3. The zero-order valence-electron chi connectivity index (χ0n) is 19.8. The molecule has 0 saturated carbocycles. The molecule has 0 radical (unpaired) electrons. The lowest BCUT2D eigenvalue weighted by molar-refractivity contribution is -0.120. The molecule has 1 amide bonds. The topological polar surface area (TPSA) is 63.6 Å². The maximum atomic E-state index is 13.8. The van der Waals surface area contributed by atoms with Gasteiger partial charge in [0.25, 0.3) is 5.56 Å². The number of aromatic nitrogens is 1. The molecule has 2 heterocycles. The molecule has 0 atom stereocenters. The van der Waals surface area contributed by atoms with Crippen LogP contribution in [0.25, 0.3) is 22.0 Å². The molecule has 1 aromatic heterocycles. The number of amides is 1. The van der Waals surface area contributed by atoms with Crippen molar-refractivity contribution in [1.29, 1.82) is 0 Å². The third kappa shape index (κ3) is 6.10. The van der Waals surface area contributed by atoms with Crippen LogP contribution in [-0.2, 0) is 11.3 Å². The predicted molar refractivity (Wildman–Crippen MR) is 137 cm³/mol. The monoisotopic (exact) mass is 497 g/mol. The summed E-state index contributed by atoms with van der Waals surface area (Å²) in [5, 5.41) is 3.68. The summed E-state index contributed by atoms with van der Waals surface area (Å²) >= 11 is 6.00. The highest BCUT2D eigenvalue weighted by Gasteiger charge is 2.16. The van der Waals surface area contributed by atoms with Gasteiger partial charge < -0.3 is 15.0 Å². The van der Waals surface area contributed by atoms with Crippen molar-refractivity contribution in [3.05, 3.63) is 75.9 Å². The van der Waals surface area contributed by atoms with Gasteiger partial charge in [-0.2, -0.15) is 0 Å². The number of likely N-dealkylation sites (tertiary alicyclic amines) is 1. The molecule has 35 heavy (non-hydrogen) atoms. The molecule has 4 rings (SSSR count). The Kier molecular flexibility index (Phi) is 7.88. The molecule has 6 nitrogen and oxygen atoms in total. The summed E-state index contributed by atoms with van der Waals surface area (Å²) in [6, 6.07) is 11.4. The van der Waals surface area contributed by atoms with Crippen molar-refractivity contribution in [3.8, 4) is 17.0 Å². The number of hydrogen-bond donors (Lipinski definition) is 1. The third-order valence-corrected chi connectivity index (χ3v) is 6.33. The first kappa shape index (κ1) is 24.9. The number of halogens is 2. The van der Waals surface area contributed by atoms with Crippen LogP contribution >= 0.6 is 11.6 Å². The summed E-state index contributed by atoms with van der Waals surface area (Å²) in [5.74, 6) is -0.342. The first-order valence-electron chi connectivity index (χ1n) is 11.8. The molecule has 0 spiro atoms. The van der Waals surface area contributed by atoms with E-state index >= 15 is 0 Å². The Hall–Kier alpha value is -3.16. The van der Waals surface area contributed by atoms with Gasteiger partial charge in [-0.1, -0.05) is 24.2 Å². The summed E-state index contributed by atoms with van der Waals surface area (Å²) in [6.07, 6.45) is 3.43. The predicted octanol–water partition coefficient (Wildman–Crippen LogP) is 4.98. The fourth-order valence-corrected chi connectivity index (χ4v) is 4.55. The number of benzene rings is 2. The van der Waals surface area contributed by atoms with Gasteiger partial charge in [-0.05, 0) is 86.6 Å². The number of nitrogens with zero attached hydrogens (tertiary/aromatic N) is 2. The van der Waals surface area contributed by atoms with E-state index in [9.17, 15) is 14.0 Å². The van der Waals surface area contributed by atoms with Crippen molar-refractivity contribution in [1.82, 2.24) is 14.8 Å². The Morgan fingerprint density at radius 3 is 2.66 bits per heavy atom. The van der Waals surface area contributed by atoms with Gasteiger partial charge in [0.15, 0.2) is 0 Å². The zero-order valence-corrected chi connectivity index (χ0v) is 20.5. The fraction of sp³-hybridized carbons (Fsp3) is 0.333. The van der Waals surface area contributed by atoms with E-state index in [4.69, 9.17) is 16.3 Å². The highest BCUT2D eigenvalue weighted by Crippen LogP contribution is 2.28. The van der Waals surface area contributed by atoms with Gasteiger partial charge in [0.2, 0.25) is 5.91 Å². The van der Waals surface area contributed by atoms with Crippen molar-refractivity contribution in [2.45, 2.75) is 32.7 Å². The van der Waals surface area contributed by atoms with Gasteiger partial charge in [-0.15, -0.1) is 0 Å². The molecule has 1 fully saturated rings. The molecule has 0 aliphatic carbocycles. The van der Waals surface area contributed by atoms with E-state index < -0.39 is 5.82 Å². The molecule has 1 saturated heterocycles. The molecular weight excluding hydrogens is 469 g/mol. The second-order valence-electron chi connectivity index (χ2n) is 8.88. The minimum Gasteiger partial charge on any atom is -0.494 e. The van der Waals surface area contributed by atoms with Gasteiger partial charge >= 0.3 is 0 Å². The first-order valence-corrected chi connectivity index (χ1v) is 12.1. The van der Waals surface area contributed by atoms with E-state index in [0.29, 0.717) is 40.1 Å². The van der Waals surface area contributed by atoms with E-state index in [0.717, 1.165) is 26.1 Å². The lowest BCUT2D eigenvalue weighted by Crippen LogP contribution is -2.32. The van der Waals surface area contributed by atoms with Crippen LogP contribution < -0.4 is 15.6 Å². The Labute approximate surface area is 208 Å². The van der Waals surface area contributed by atoms with Crippen molar-refractivity contribution < 1.29 is 13.9 Å². The van der Waals surface area contributed by atoms with Crippen LogP contribution in [-0.4, -0.2) is 41.6 Å². The lowest BCUT2D eigenvalue weighted by atomic mass is 10.1. The van der Waals surface area contributed by atoms with Crippen molar-refractivity contribution in [2.24, 2.45) is 0 Å². The lowest BCUT2D eigenvalue weighted by Gasteiger charge is -2.16. The molecule has 3 aromatic rings. The molecule has 2 aromatic carbocycles. The standard InChI is InChI=1S/C27H29ClFN3O3/c1-18(2)30-26(33)17-32-25(20-7-9-24(29)23(28)14-20)15-19-6-8-21(16-22(19)27(32)34)35-13-5-12-31-10-3-4-11-31/h6-9,14-16H,1,3-5,10-13,17H2,2H3,(H,30,33). The van der Waals surface area contributed by atoms with E-state index in [1.165, 1.54) is 35.6 Å². The Morgan fingerprint density at radius 1 is 1.17 bits per heavy atom. The Balaban J connectivity index is 1.65. The number of ether oxygens (including phenoxy) is 1. The van der Waals surface area contributed by atoms with Crippen LogP contribution in [0, 0.1) is 5.82 Å². The second-order valence-corrected chi connectivity index (χ2v) is 9.29. The SMILES string of the molecule is C=C(C)NC(=O)Cn1c(-c2ccc(F)c(Cl)c2)cc2ccc(OCCCN3CCCC3)cc2c1=O. The number of fused-ring (bicyclic) bond motifs is 1. The average molecular weight is 498 g/mol. The van der Waals surface area contributed by atoms with Crippen LogP contribution in [0.4, 0.5) is 4.39 Å². The minimum atomic E-state index is -0.559. The maximum absolute atomic E-state index is 13.8. The van der Waals surface area contributed by atoms with Crippen LogP contribution in [0.1, 0.15) is 26.2 Å². The van der Waals surface area contributed by atoms with E-state index in [1.807, 2.05) is 12.1 Å². The molecule has 8 heteroatoms. The molecule has 1 aliphatic rings. The smallest absolute Gasteiger partial charge is 0.259 e. The quantitative estimate of drug-likeness (QED) is 0.424. The average Bonchev–Trinajstić information content (AvgIpc) is 3.33. The first-order chi connectivity index (χ1) is 16.8. The minimum absolute atomic E-state index is 0.0642. The number of nitrogens with one attached hydrogen (secondary N) is 1. The van der Waals surface area contributed by atoms with Crippen LogP contribution in [0.15, 0.2) is 59.5 Å². The zero-order chi connectivity index (χ0) is 24.9. The van der Waals surface area contributed by atoms with E-state index in [-0.39, 0.29) is 23.0 Å². The van der Waals surface area contributed by atoms with Crippen LogP contribution in [0.3, 0.4) is 0 Å². The number of allylic oxidation sites excluding steroid dienone is 1. The van der Waals surface area contributed by atoms with Gasteiger partial charge in [0.05, 0.1) is 22.7 Å². The second kappa shape index (κ2) is 11.1. The summed E-state index contributed by atoms with van der Waals surface area (Å²) in [5.41, 5.74) is 1.11. The number of carbonyl (C=O) groups excluding carboxylic acids is 1. The molecule has 184 valence electrons. The summed E-state index contributed by atoms with van der Waals surface area (Å²) in [4.78, 5) is 28.5. The van der Waals surface area contributed by atoms with Crippen molar-refractivity contribution in [2.75, 3.05) is 26.2 Å². The number of hydrogen-bond acceptors (Lipinski definition) is 4.